The third kappa shape index (κ3) is 4.84. The van der Waals surface area contributed by atoms with Crippen LogP contribution in [0.1, 0.15) is 17.7 Å². The Balaban J connectivity index is 0.00000225. The zero-order valence-corrected chi connectivity index (χ0v) is 15.9. The van der Waals surface area contributed by atoms with Crippen LogP contribution in [0.2, 0.25) is 0 Å². The van der Waals surface area contributed by atoms with E-state index in [9.17, 15) is 13.2 Å². The predicted octanol–water partition coefficient (Wildman–Crippen LogP) is 4.70. The van der Waals surface area contributed by atoms with E-state index in [1.165, 1.54) is 5.69 Å². The summed E-state index contributed by atoms with van der Waals surface area (Å²) < 4.78 is 45.8. The van der Waals surface area contributed by atoms with Crippen molar-refractivity contribution in [2.45, 2.75) is 36.4 Å². The fraction of sp³-hybridized carbons (Fsp3) is 0.529. The van der Waals surface area contributed by atoms with Crippen molar-refractivity contribution >= 4 is 35.1 Å². The molecule has 0 aliphatic carbocycles. The van der Waals surface area contributed by atoms with E-state index in [0.29, 0.717) is 13.2 Å². The second-order valence-corrected chi connectivity index (χ2v) is 7.40. The number of aryl methyl sites for hydroxylation is 1. The Hall–Kier alpha value is -0.890. The number of hydrogen-bond acceptors (Lipinski definition) is 3. The van der Waals surface area contributed by atoms with Crippen LogP contribution in [0.25, 0.3) is 10.9 Å². The van der Waals surface area contributed by atoms with Crippen LogP contribution >= 0.6 is 24.2 Å². The number of aromatic nitrogens is 1. The standard InChI is InChI=1S/C17H21F3N2OS.ClH/c1-21(2)7-3-8-22-15-6-9-23-11-14(15)13-5-4-12(10-16(13)22)24-17(18,19)20;/h4-5,10H,3,6-9,11H2,1-2H3;1H. The Morgan fingerprint density at radius 3 is 2.72 bits per heavy atom. The number of nitrogens with zero attached hydrogens (tertiary/aromatic N) is 2. The Morgan fingerprint density at radius 2 is 2.04 bits per heavy atom. The molecule has 1 aliphatic heterocycles. The lowest BCUT2D eigenvalue weighted by Gasteiger charge is -2.17. The summed E-state index contributed by atoms with van der Waals surface area (Å²) in [7, 11) is 4.05. The molecule has 0 fully saturated rings. The highest BCUT2D eigenvalue weighted by atomic mass is 35.5. The van der Waals surface area contributed by atoms with Crippen LogP contribution in [0.5, 0.6) is 0 Å². The molecule has 3 nitrogen and oxygen atoms in total. The number of halogens is 4. The van der Waals surface area contributed by atoms with Crippen LogP contribution in [-0.4, -0.2) is 42.2 Å². The average molecular weight is 395 g/mol. The molecule has 0 amide bonds. The maximum atomic E-state index is 12.7. The predicted molar refractivity (Wildman–Crippen MR) is 97.6 cm³/mol. The third-order valence-corrected chi connectivity index (χ3v) is 4.93. The molecular weight excluding hydrogens is 373 g/mol. The molecule has 1 aliphatic rings. The van der Waals surface area contributed by atoms with Gasteiger partial charge >= 0.3 is 5.51 Å². The van der Waals surface area contributed by atoms with Gasteiger partial charge in [-0.1, -0.05) is 6.07 Å². The fourth-order valence-electron chi connectivity index (χ4n) is 3.24. The van der Waals surface area contributed by atoms with Crippen molar-refractivity contribution in [3.8, 4) is 0 Å². The highest BCUT2D eigenvalue weighted by molar-refractivity contribution is 8.00. The molecule has 0 radical (unpaired) electrons. The van der Waals surface area contributed by atoms with Gasteiger partial charge in [0.25, 0.3) is 0 Å². The molecule has 0 saturated carbocycles. The second kappa shape index (κ2) is 8.20. The van der Waals surface area contributed by atoms with Gasteiger partial charge in [-0.15, -0.1) is 12.4 Å². The van der Waals surface area contributed by atoms with E-state index in [2.05, 4.69) is 9.47 Å². The average Bonchev–Trinajstić information content (AvgIpc) is 2.79. The van der Waals surface area contributed by atoms with E-state index in [-0.39, 0.29) is 29.1 Å². The number of fused-ring (bicyclic) bond motifs is 3. The molecule has 0 N–H and O–H groups in total. The van der Waals surface area contributed by atoms with Gasteiger partial charge in [0, 0.05) is 40.0 Å². The number of benzene rings is 1. The van der Waals surface area contributed by atoms with Gasteiger partial charge in [-0.25, -0.2) is 0 Å². The molecule has 0 saturated heterocycles. The van der Waals surface area contributed by atoms with Crippen molar-refractivity contribution < 1.29 is 17.9 Å². The lowest BCUT2D eigenvalue weighted by Crippen LogP contribution is -2.17. The van der Waals surface area contributed by atoms with Gasteiger partial charge in [-0.3, -0.25) is 0 Å². The lowest BCUT2D eigenvalue weighted by molar-refractivity contribution is -0.0328. The van der Waals surface area contributed by atoms with Gasteiger partial charge in [-0.05, 0) is 51.0 Å². The number of rotatable bonds is 5. The molecule has 0 atom stereocenters. The Kier molecular flexibility index (Phi) is 6.70. The first kappa shape index (κ1) is 20.4. The Bertz CT molecular complexity index is 731. The van der Waals surface area contributed by atoms with Crippen LogP contribution < -0.4 is 0 Å². The fourth-order valence-corrected chi connectivity index (χ4v) is 3.82. The van der Waals surface area contributed by atoms with Crippen molar-refractivity contribution in [1.82, 2.24) is 9.47 Å². The van der Waals surface area contributed by atoms with Crippen LogP contribution in [0.15, 0.2) is 23.1 Å². The maximum Gasteiger partial charge on any atom is 0.446 e. The van der Waals surface area contributed by atoms with Crippen LogP contribution in [0, 0.1) is 0 Å². The van der Waals surface area contributed by atoms with Gasteiger partial charge in [0.1, 0.15) is 0 Å². The molecule has 0 spiro atoms. The number of thioether (sulfide) groups is 1. The highest BCUT2D eigenvalue weighted by Crippen LogP contribution is 2.39. The Labute approximate surface area is 155 Å². The molecule has 0 unspecified atom stereocenters. The van der Waals surface area contributed by atoms with Gasteiger partial charge < -0.3 is 14.2 Å². The summed E-state index contributed by atoms with van der Waals surface area (Å²) in [4.78, 5) is 2.35. The first-order valence-electron chi connectivity index (χ1n) is 7.97. The summed E-state index contributed by atoms with van der Waals surface area (Å²) in [5.74, 6) is 0. The summed E-state index contributed by atoms with van der Waals surface area (Å²) in [6, 6.07) is 5.03. The van der Waals surface area contributed by atoms with Crippen molar-refractivity contribution in [3.05, 3.63) is 29.5 Å². The molecule has 140 valence electrons. The molecular formula is C17H22ClF3N2OS. The van der Waals surface area contributed by atoms with Gasteiger partial charge in [0.05, 0.1) is 13.2 Å². The van der Waals surface area contributed by atoms with Crippen molar-refractivity contribution in [2.24, 2.45) is 0 Å². The summed E-state index contributed by atoms with van der Waals surface area (Å²) in [6.07, 6.45) is 1.77. The van der Waals surface area contributed by atoms with Crippen molar-refractivity contribution in [1.29, 1.82) is 0 Å². The van der Waals surface area contributed by atoms with E-state index in [1.807, 2.05) is 14.1 Å². The number of ether oxygens (including phenoxy) is 1. The largest absolute Gasteiger partial charge is 0.446 e. The van der Waals surface area contributed by atoms with E-state index in [1.54, 1.807) is 18.2 Å². The summed E-state index contributed by atoms with van der Waals surface area (Å²) >= 11 is -0.0538. The second-order valence-electron chi connectivity index (χ2n) is 6.26. The van der Waals surface area contributed by atoms with Crippen LogP contribution in [0.3, 0.4) is 0 Å². The summed E-state index contributed by atoms with van der Waals surface area (Å²) in [5, 5.41) is 1.01. The third-order valence-electron chi connectivity index (χ3n) is 4.21. The number of hydrogen-bond donors (Lipinski definition) is 0. The first-order valence-corrected chi connectivity index (χ1v) is 8.79. The minimum absolute atomic E-state index is 0. The van der Waals surface area contributed by atoms with Gasteiger partial charge in [0.15, 0.2) is 0 Å². The van der Waals surface area contributed by atoms with Crippen molar-refractivity contribution in [3.63, 3.8) is 0 Å². The van der Waals surface area contributed by atoms with Crippen LogP contribution in [0.4, 0.5) is 13.2 Å². The summed E-state index contributed by atoms with van der Waals surface area (Å²) in [5.41, 5.74) is -1.04. The molecule has 2 heterocycles. The first-order chi connectivity index (χ1) is 11.3. The van der Waals surface area contributed by atoms with Crippen LogP contribution in [-0.2, 0) is 24.3 Å². The maximum absolute atomic E-state index is 12.7. The molecule has 0 bridgehead atoms. The minimum Gasteiger partial charge on any atom is -0.376 e. The zero-order chi connectivity index (χ0) is 17.3. The van der Waals surface area contributed by atoms with Gasteiger partial charge in [-0.2, -0.15) is 13.2 Å². The number of alkyl halides is 3. The summed E-state index contributed by atoms with van der Waals surface area (Å²) in [6.45, 7) is 2.96. The molecule has 1 aromatic carbocycles. The van der Waals surface area contributed by atoms with E-state index < -0.39 is 5.51 Å². The van der Waals surface area contributed by atoms with Gasteiger partial charge in [0.2, 0.25) is 0 Å². The quantitative estimate of drug-likeness (QED) is 0.684. The smallest absolute Gasteiger partial charge is 0.376 e. The lowest BCUT2D eigenvalue weighted by atomic mass is 10.1. The Morgan fingerprint density at radius 1 is 1.28 bits per heavy atom. The minimum atomic E-state index is -4.27. The van der Waals surface area contributed by atoms with E-state index >= 15 is 0 Å². The molecule has 1 aromatic heterocycles. The highest BCUT2D eigenvalue weighted by Gasteiger charge is 2.30. The molecule has 2 aromatic rings. The topological polar surface area (TPSA) is 17.4 Å². The monoisotopic (exact) mass is 394 g/mol. The molecule has 8 heteroatoms. The van der Waals surface area contributed by atoms with E-state index in [0.717, 1.165) is 42.4 Å². The van der Waals surface area contributed by atoms with E-state index in [4.69, 9.17) is 4.74 Å². The SMILES string of the molecule is CN(C)CCCn1c2c(c3ccc(SC(F)(F)F)cc31)COCC2.Cl. The molecule has 25 heavy (non-hydrogen) atoms. The molecule has 3 rings (SSSR count). The normalized spacial score (nSPS) is 14.6. The van der Waals surface area contributed by atoms with Crippen molar-refractivity contribution in [2.75, 3.05) is 27.2 Å². The zero-order valence-electron chi connectivity index (χ0n) is 14.2.